The molecule has 0 saturated carbocycles. The van der Waals surface area contributed by atoms with Crippen LogP contribution in [0.4, 0.5) is 0 Å². The minimum absolute atomic E-state index is 0.0985. The van der Waals surface area contributed by atoms with Gasteiger partial charge in [0.1, 0.15) is 0 Å². The number of nitrogens with zero attached hydrogens (tertiary/aromatic N) is 1. The van der Waals surface area contributed by atoms with E-state index in [2.05, 4.69) is 15.6 Å². The molecule has 21 heavy (non-hydrogen) atoms. The molecule has 0 fully saturated rings. The van der Waals surface area contributed by atoms with Crippen molar-refractivity contribution in [1.29, 1.82) is 0 Å². The second kappa shape index (κ2) is 9.76. The number of carboxylic acids is 1. The molecule has 0 aliphatic rings. The molecule has 0 atom stereocenters. The molecule has 3 N–H and O–H groups in total. The number of nitrogens with one attached hydrogen (secondary N) is 2. The topological polar surface area (TPSA) is 108 Å². The average Bonchev–Trinajstić information content (AvgIpc) is 2.94. The van der Waals surface area contributed by atoms with Gasteiger partial charge in [-0.1, -0.05) is 0 Å². The Morgan fingerprint density at radius 2 is 1.95 bits per heavy atom. The van der Waals surface area contributed by atoms with Crippen LogP contribution in [0.5, 0.6) is 0 Å². The Kier molecular flexibility index (Phi) is 7.88. The van der Waals surface area contributed by atoms with E-state index in [4.69, 9.17) is 5.11 Å². The Balaban J connectivity index is 2.54. The van der Waals surface area contributed by atoms with Crippen molar-refractivity contribution in [3.8, 4) is 0 Å². The number of aliphatic imine (C=N–C) groups is 1. The van der Waals surface area contributed by atoms with Crippen LogP contribution in [0.2, 0.25) is 0 Å². The van der Waals surface area contributed by atoms with E-state index < -0.39 is 5.97 Å². The van der Waals surface area contributed by atoms with E-state index in [1.54, 1.807) is 24.3 Å². The number of hydrogen-bond acceptors (Lipinski definition) is 5. The first kappa shape index (κ1) is 17.0. The first-order valence-corrected chi connectivity index (χ1v) is 6.88. The van der Waals surface area contributed by atoms with Crippen LogP contribution in [0.3, 0.4) is 0 Å². The van der Waals surface area contributed by atoms with E-state index in [0.29, 0.717) is 26.8 Å². The Morgan fingerprint density at radius 3 is 2.48 bits per heavy atom. The van der Waals surface area contributed by atoms with Crippen molar-refractivity contribution >= 4 is 43.6 Å². The zero-order valence-corrected chi connectivity index (χ0v) is 11.9. The summed E-state index contributed by atoms with van der Waals surface area (Å²) in [6.45, 7) is 0.327. The Bertz CT molecular complexity index is 545. The molecule has 0 aliphatic heterocycles. The zero-order chi connectivity index (χ0) is 15.5. The van der Waals surface area contributed by atoms with Gasteiger partial charge in [-0.25, -0.2) is 0 Å². The van der Waals surface area contributed by atoms with Crippen LogP contribution in [-0.2, 0) is 9.41 Å². The summed E-state index contributed by atoms with van der Waals surface area (Å²) in [5.41, 5.74) is 0. The molecule has 1 aromatic rings. The second-order valence-corrected chi connectivity index (χ2v) is 4.81. The van der Waals surface area contributed by atoms with Gasteiger partial charge in [-0.3, -0.25) is 0 Å². The molecule has 1 aromatic heterocycles. The quantitative estimate of drug-likeness (QED) is 0.355. The molecule has 0 spiro atoms. The SMILES string of the molecule is O=BCNC(=NC/C=C/c1ccc(C(=O)O)s1)NCB=O. The van der Waals surface area contributed by atoms with Crippen LogP contribution in [0.1, 0.15) is 14.5 Å². The van der Waals surface area contributed by atoms with Gasteiger partial charge >= 0.3 is 126 Å². The molecule has 0 aliphatic carbocycles. The van der Waals surface area contributed by atoms with Crippen molar-refractivity contribution in [3.05, 3.63) is 28.0 Å². The fraction of sp³-hybridized carbons (Fsp3) is 0.273. The van der Waals surface area contributed by atoms with Crippen LogP contribution >= 0.6 is 11.3 Å². The zero-order valence-electron chi connectivity index (χ0n) is 11.1. The predicted octanol–water partition coefficient (Wildman–Crippen LogP) is 0.00910. The van der Waals surface area contributed by atoms with Gasteiger partial charge in [0.25, 0.3) is 0 Å². The summed E-state index contributed by atoms with van der Waals surface area (Å²) < 4.78 is 20.6. The van der Waals surface area contributed by atoms with Crippen molar-refractivity contribution in [1.82, 2.24) is 10.6 Å². The van der Waals surface area contributed by atoms with E-state index in [1.165, 1.54) is 11.3 Å². The van der Waals surface area contributed by atoms with Crippen molar-refractivity contribution in [2.24, 2.45) is 4.99 Å². The Hall–Kier alpha value is -2.09. The average molecular weight is 305 g/mol. The second-order valence-electron chi connectivity index (χ2n) is 3.69. The van der Waals surface area contributed by atoms with E-state index in [1.807, 2.05) is 0 Å². The molecule has 0 aromatic carbocycles. The Morgan fingerprint density at radius 1 is 1.29 bits per heavy atom. The number of thiophene rings is 1. The van der Waals surface area contributed by atoms with Crippen molar-refractivity contribution < 1.29 is 19.3 Å². The maximum atomic E-state index is 10.7. The fourth-order valence-electron chi connectivity index (χ4n) is 1.32. The standard InChI is InChI=1S/C11H13B2N3O4S/c17-10(18)9-4-3-8(21-9)2-1-5-14-11(15-6-12-19)16-7-13-20/h1-4H,5-7H2,(H,17,18)(H2,14,15,16)/b2-1+. The van der Waals surface area contributed by atoms with Crippen LogP contribution in [-0.4, -0.2) is 50.8 Å². The normalized spacial score (nSPS) is 9.71. The monoisotopic (exact) mass is 305 g/mol. The molecular formula is C11H13B2N3O4S. The summed E-state index contributed by atoms with van der Waals surface area (Å²) in [6, 6.07) is 3.25. The van der Waals surface area contributed by atoms with Crippen LogP contribution in [0.15, 0.2) is 23.2 Å². The fourth-order valence-corrected chi connectivity index (χ4v) is 2.10. The molecular weight excluding hydrogens is 292 g/mol. The summed E-state index contributed by atoms with van der Waals surface area (Å²) in [5, 5.41) is 14.2. The number of carboxylic acid groups (broad SMARTS) is 1. The van der Waals surface area contributed by atoms with Gasteiger partial charge in [0.15, 0.2) is 0 Å². The summed E-state index contributed by atoms with van der Waals surface area (Å²) in [5.74, 6) is -0.590. The Labute approximate surface area is 126 Å². The molecule has 0 saturated heterocycles. The summed E-state index contributed by atoms with van der Waals surface area (Å²) >= 11 is 1.17. The van der Waals surface area contributed by atoms with E-state index in [9.17, 15) is 14.2 Å². The first-order chi connectivity index (χ1) is 10.2. The maximum absolute atomic E-state index is 10.7. The summed E-state index contributed by atoms with van der Waals surface area (Å²) in [6.07, 6.45) is 3.71. The van der Waals surface area contributed by atoms with Crippen LogP contribution < -0.4 is 10.6 Å². The summed E-state index contributed by atoms with van der Waals surface area (Å²) in [4.78, 5) is 15.9. The van der Waals surface area contributed by atoms with Gasteiger partial charge in [0.2, 0.25) is 0 Å². The first-order valence-electron chi connectivity index (χ1n) is 6.06. The van der Waals surface area contributed by atoms with E-state index in [-0.39, 0.29) is 17.8 Å². The molecule has 1 rings (SSSR count). The molecule has 0 unspecified atom stereocenters. The third-order valence-electron chi connectivity index (χ3n) is 2.18. The van der Waals surface area contributed by atoms with Gasteiger partial charge < -0.3 is 0 Å². The van der Waals surface area contributed by atoms with Gasteiger partial charge in [-0.15, -0.1) is 0 Å². The molecule has 7 nitrogen and oxygen atoms in total. The number of guanidine groups is 1. The third-order valence-corrected chi connectivity index (χ3v) is 3.22. The molecule has 1 heterocycles. The van der Waals surface area contributed by atoms with Crippen molar-refractivity contribution in [2.45, 2.75) is 0 Å². The third kappa shape index (κ3) is 6.75. The van der Waals surface area contributed by atoms with Gasteiger partial charge in [-0.05, 0) is 0 Å². The van der Waals surface area contributed by atoms with Crippen LogP contribution in [0.25, 0.3) is 6.08 Å². The number of hydrogen-bond donors (Lipinski definition) is 3. The van der Waals surface area contributed by atoms with E-state index in [0.717, 1.165) is 4.88 Å². The predicted molar refractivity (Wildman–Crippen MR) is 81.5 cm³/mol. The van der Waals surface area contributed by atoms with Crippen molar-refractivity contribution in [2.75, 3.05) is 19.4 Å². The molecule has 0 radical (unpaired) electrons. The molecule has 0 bridgehead atoms. The minimum atomic E-state index is -0.948. The number of aromatic carboxylic acids is 1. The molecule has 0 amide bonds. The molecule has 108 valence electrons. The number of rotatable bonds is 8. The van der Waals surface area contributed by atoms with Gasteiger partial charge in [-0.2, -0.15) is 0 Å². The van der Waals surface area contributed by atoms with E-state index >= 15 is 0 Å². The van der Waals surface area contributed by atoms with Crippen molar-refractivity contribution in [3.63, 3.8) is 0 Å². The van der Waals surface area contributed by atoms with Gasteiger partial charge in [0, 0.05) is 0 Å². The molecule has 10 heteroatoms. The van der Waals surface area contributed by atoms with Crippen LogP contribution in [0, 0.1) is 0 Å². The summed E-state index contributed by atoms with van der Waals surface area (Å²) in [7, 11) is 1.38. The number of carbonyl (C=O) groups is 1. The van der Waals surface area contributed by atoms with Gasteiger partial charge in [0.05, 0.1) is 0 Å².